The fourth-order valence-electron chi connectivity index (χ4n) is 1.27. The number of pyridine rings is 1. The van der Waals surface area contributed by atoms with Crippen molar-refractivity contribution >= 4 is 21.6 Å². The van der Waals surface area contributed by atoms with Gasteiger partial charge in [0.2, 0.25) is 10.0 Å². The molecule has 2 heterocycles. The molecule has 0 radical (unpaired) electrons. The number of nitrogens with zero attached hydrogens (tertiary/aromatic N) is 2. The van der Waals surface area contributed by atoms with E-state index in [-0.39, 0.29) is 16.5 Å². The van der Waals surface area contributed by atoms with Gasteiger partial charge in [-0.05, 0) is 12.1 Å². The van der Waals surface area contributed by atoms with Crippen LogP contribution in [-0.4, -0.2) is 23.4 Å². The largest absolute Gasteiger partial charge is 0.326 e. The second kappa shape index (κ2) is 5.47. The van der Waals surface area contributed by atoms with Gasteiger partial charge in [-0.1, -0.05) is 11.6 Å². The number of nitrogens with one attached hydrogen (secondary N) is 2. The van der Waals surface area contributed by atoms with Crippen LogP contribution in [0.4, 0.5) is 0 Å². The summed E-state index contributed by atoms with van der Waals surface area (Å²) >= 11 is 5.58. The van der Waals surface area contributed by atoms with Gasteiger partial charge in [-0.15, -0.1) is 0 Å². The zero-order chi connectivity index (χ0) is 13.9. The van der Waals surface area contributed by atoms with Gasteiger partial charge < -0.3 is 4.98 Å². The first-order valence-electron chi connectivity index (χ1n) is 5.12. The van der Waals surface area contributed by atoms with Crippen LogP contribution in [0.1, 0.15) is 5.69 Å². The predicted molar refractivity (Wildman–Crippen MR) is 68.1 cm³/mol. The predicted octanol–water partition coefficient (Wildman–Crippen LogP) is 0.297. The lowest BCUT2D eigenvalue weighted by Crippen LogP contribution is -2.24. The molecule has 0 unspecified atom stereocenters. The molecule has 0 spiro atoms. The van der Waals surface area contributed by atoms with Gasteiger partial charge in [-0.2, -0.15) is 0 Å². The first kappa shape index (κ1) is 13.7. The summed E-state index contributed by atoms with van der Waals surface area (Å²) in [5.74, 6) is 0. The third-order valence-corrected chi connectivity index (χ3v) is 3.89. The Kier molecular flexibility index (Phi) is 3.93. The topological polar surface area (TPSA) is 105 Å². The highest BCUT2D eigenvalue weighted by Crippen LogP contribution is 2.10. The Morgan fingerprint density at radius 1 is 1.42 bits per heavy atom. The van der Waals surface area contributed by atoms with E-state index in [2.05, 4.69) is 19.7 Å². The Morgan fingerprint density at radius 3 is 2.84 bits per heavy atom. The van der Waals surface area contributed by atoms with E-state index in [1.807, 2.05) is 0 Å². The number of hydrogen-bond donors (Lipinski definition) is 2. The first-order chi connectivity index (χ1) is 8.99. The number of sulfonamides is 1. The lowest BCUT2D eigenvalue weighted by molar-refractivity contribution is 0.580. The molecule has 0 aliphatic heterocycles. The number of H-pyrrole nitrogens is 1. The lowest BCUT2D eigenvalue weighted by atomic mass is 10.4. The van der Waals surface area contributed by atoms with Gasteiger partial charge >= 0.3 is 0 Å². The van der Waals surface area contributed by atoms with Crippen LogP contribution in [0.2, 0.25) is 5.02 Å². The van der Waals surface area contributed by atoms with Gasteiger partial charge in [0.25, 0.3) is 5.56 Å². The molecule has 0 amide bonds. The molecule has 0 bridgehead atoms. The van der Waals surface area contributed by atoms with Crippen molar-refractivity contribution < 1.29 is 8.42 Å². The van der Waals surface area contributed by atoms with Crippen molar-refractivity contribution in [3.8, 4) is 0 Å². The zero-order valence-electron chi connectivity index (χ0n) is 9.50. The van der Waals surface area contributed by atoms with E-state index in [0.717, 1.165) is 12.3 Å². The molecule has 19 heavy (non-hydrogen) atoms. The summed E-state index contributed by atoms with van der Waals surface area (Å²) in [4.78, 5) is 20.8. The highest BCUT2D eigenvalue weighted by Gasteiger charge is 2.15. The van der Waals surface area contributed by atoms with E-state index in [9.17, 15) is 13.2 Å². The molecule has 2 N–H and O–H groups in total. The van der Waals surface area contributed by atoms with Crippen molar-refractivity contribution in [3.63, 3.8) is 0 Å². The van der Waals surface area contributed by atoms with E-state index in [4.69, 9.17) is 11.6 Å². The smallest absolute Gasteiger partial charge is 0.266 e. The fraction of sp³-hybridized carbons (Fsp3) is 0.100. The summed E-state index contributed by atoms with van der Waals surface area (Å²) in [5, 5.41) is -0.190. The molecule has 100 valence electrons. The number of aromatic nitrogens is 3. The van der Waals surface area contributed by atoms with E-state index in [1.165, 1.54) is 12.5 Å². The van der Waals surface area contributed by atoms with Gasteiger partial charge in [0.05, 0.1) is 17.1 Å². The van der Waals surface area contributed by atoms with E-state index in [0.29, 0.717) is 5.69 Å². The molecule has 7 nitrogen and oxygen atoms in total. The monoisotopic (exact) mass is 300 g/mol. The SMILES string of the molecule is O=c1[nH]cc(S(=O)(=O)NCc2ccncn2)cc1Cl. The minimum Gasteiger partial charge on any atom is -0.326 e. The highest BCUT2D eigenvalue weighted by atomic mass is 35.5. The average molecular weight is 301 g/mol. The molecule has 2 rings (SSSR count). The summed E-state index contributed by atoms with van der Waals surface area (Å²) < 4.78 is 26.2. The van der Waals surface area contributed by atoms with E-state index in [1.54, 1.807) is 6.07 Å². The minimum absolute atomic E-state index is 0.0155. The molecule has 2 aromatic heterocycles. The van der Waals surface area contributed by atoms with Gasteiger partial charge in [0, 0.05) is 12.4 Å². The molecule has 0 aromatic carbocycles. The second-order valence-electron chi connectivity index (χ2n) is 3.54. The molecule has 0 saturated carbocycles. The van der Waals surface area contributed by atoms with Gasteiger partial charge in [0.15, 0.2) is 0 Å². The molecule has 9 heteroatoms. The van der Waals surface area contributed by atoms with Crippen LogP contribution in [0.5, 0.6) is 0 Å². The summed E-state index contributed by atoms with van der Waals surface area (Å²) in [6.45, 7) is 0.0155. The van der Waals surface area contributed by atoms with Crippen molar-refractivity contribution in [2.45, 2.75) is 11.4 Å². The highest BCUT2D eigenvalue weighted by molar-refractivity contribution is 7.89. The number of halogens is 1. The molecule has 0 aliphatic rings. The Bertz CT molecular complexity index is 730. The Balaban J connectivity index is 2.19. The Labute approximate surface area is 113 Å². The third kappa shape index (κ3) is 3.37. The van der Waals surface area contributed by atoms with Crippen LogP contribution >= 0.6 is 11.6 Å². The normalized spacial score (nSPS) is 11.4. The molecule has 2 aromatic rings. The summed E-state index contributed by atoms with van der Waals surface area (Å²) in [7, 11) is -3.76. The van der Waals surface area contributed by atoms with Crippen LogP contribution in [0.15, 0.2) is 40.5 Å². The van der Waals surface area contributed by atoms with E-state index < -0.39 is 15.6 Å². The van der Waals surface area contributed by atoms with E-state index >= 15 is 0 Å². The summed E-state index contributed by atoms with van der Waals surface area (Å²) in [6.07, 6.45) is 3.91. The molecular formula is C10H9ClN4O3S. The van der Waals surface area contributed by atoms with Gasteiger partial charge in [-0.25, -0.2) is 23.1 Å². The molecule has 0 saturated heterocycles. The second-order valence-corrected chi connectivity index (χ2v) is 5.71. The third-order valence-electron chi connectivity index (χ3n) is 2.23. The lowest BCUT2D eigenvalue weighted by Gasteiger charge is -2.06. The molecule has 0 atom stereocenters. The number of aromatic amines is 1. The van der Waals surface area contributed by atoms with Crippen molar-refractivity contribution in [1.29, 1.82) is 0 Å². The maximum atomic E-state index is 11.9. The van der Waals surface area contributed by atoms with Gasteiger partial charge in [-0.3, -0.25) is 4.79 Å². The average Bonchev–Trinajstić information content (AvgIpc) is 2.41. The summed E-state index contributed by atoms with van der Waals surface area (Å²) in [5.41, 5.74) is -0.0227. The van der Waals surface area contributed by atoms with Crippen molar-refractivity contribution in [1.82, 2.24) is 19.7 Å². The Morgan fingerprint density at radius 2 is 2.21 bits per heavy atom. The van der Waals surface area contributed by atoms with Gasteiger partial charge in [0.1, 0.15) is 11.3 Å². The van der Waals surface area contributed by atoms with Crippen molar-refractivity contribution in [2.75, 3.05) is 0 Å². The maximum absolute atomic E-state index is 11.9. The zero-order valence-corrected chi connectivity index (χ0v) is 11.1. The van der Waals surface area contributed by atoms with Crippen LogP contribution in [-0.2, 0) is 16.6 Å². The quantitative estimate of drug-likeness (QED) is 0.845. The maximum Gasteiger partial charge on any atom is 0.266 e. The van der Waals surface area contributed by atoms with Crippen LogP contribution < -0.4 is 10.3 Å². The Hall–Kier alpha value is -1.77. The van der Waals surface area contributed by atoms with Crippen LogP contribution in [0.25, 0.3) is 0 Å². The summed E-state index contributed by atoms with van der Waals surface area (Å²) in [6, 6.07) is 2.67. The molecule has 0 aliphatic carbocycles. The number of rotatable bonds is 4. The van der Waals surface area contributed by atoms with Crippen LogP contribution in [0, 0.1) is 0 Å². The standard InChI is InChI=1S/C10H9ClN4O3S/c11-9-3-8(5-13-10(9)16)19(17,18)15-4-7-1-2-12-6-14-7/h1-3,5-6,15H,4H2,(H,13,16). The van der Waals surface area contributed by atoms with Crippen LogP contribution in [0.3, 0.4) is 0 Å². The molecular weight excluding hydrogens is 292 g/mol. The minimum atomic E-state index is -3.76. The number of hydrogen-bond acceptors (Lipinski definition) is 5. The molecule has 0 fully saturated rings. The van der Waals surface area contributed by atoms with Crippen molar-refractivity contribution in [2.24, 2.45) is 0 Å². The van der Waals surface area contributed by atoms with Crippen molar-refractivity contribution in [3.05, 3.63) is 51.9 Å². The first-order valence-corrected chi connectivity index (χ1v) is 6.98. The fourth-order valence-corrected chi connectivity index (χ4v) is 2.50.